The van der Waals surface area contributed by atoms with Gasteiger partial charge in [-0.2, -0.15) is 0 Å². The Morgan fingerprint density at radius 2 is 1.65 bits per heavy atom. The van der Waals surface area contributed by atoms with Crippen molar-refractivity contribution in [1.29, 1.82) is 0 Å². The van der Waals surface area contributed by atoms with Crippen LogP contribution in [0.15, 0.2) is 62.6 Å². The molecule has 26 heavy (non-hydrogen) atoms. The molecule has 2 aromatic carbocycles. The maximum atomic E-state index is 13.3. The monoisotopic (exact) mass is 591 g/mol. The second-order valence-corrected chi connectivity index (χ2v) is 9.70. The Labute approximate surface area is 176 Å². The van der Waals surface area contributed by atoms with Crippen molar-refractivity contribution in [2.75, 3.05) is 0 Å². The Kier molecular flexibility index (Phi) is 4.39. The number of halogens is 2. The van der Waals surface area contributed by atoms with E-state index in [1.54, 1.807) is 42.5 Å². The molecule has 0 amide bonds. The Hall–Kier alpha value is -1.40. The molecule has 2 heterocycles. The first-order valence-electron chi connectivity index (χ1n) is 7.55. The third-order valence-corrected chi connectivity index (χ3v) is 9.30. The third kappa shape index (κ3) is 2.69. The molecule has 0 saturated heterocycles. The molecular weight excluding hydrogens is 580 g/mol. The number of hydrogen-bond donors (Lipinski definition) is 0. The highest BCUT2D eigenvalue weighted by Gasteiger charge is 2.26. The molecule has 0 spiro atoms. The Morgan fingerprint density at radius 3 is 2.35 bits per heavy atom. The van der Waals surface area contributed by atoms with Gasteiger partial charge in [-0.3, -0.25) is 0 Å². The van der Waals surface area contributed by atoms with Gasteiger partial charge in [0.2, 0.25) is 0 Å². The van der Waals surface area contributed by atoms with Crippen LogP contribution in [-0.4, -0.2) is 12.4 Å². The van der Waals surface area contributed by atoms with Crippen LogP contribution >= 0.6 is 45.2 Å². The van der Waals surface area contributed by atoms with E-state index >= 15 is 0 Å². The fourth-order valence-corrected chi connectivity index (χ4v) is 6.57. The fraction of sp³-hybridized carbons (Fsp3) is 0.0556. The van der Waals surface area contributed by atoms with Crippen molar-refractivity contribution in [3.63, 3.8) is 0 Å². The van der Waals surface area contributed by atoms with E-state index in [4.69, 9.17) is 4.42 Å². The van der Waals surface area contributed by atoms with E-state index in [-0.39, 0.29) is 4.90 Å². The van der Waals surface area contributed by atoms with Crippen LogP contribution in [0, 0.1) is 14.2 Å². The van der Waals surface area contributed by atoms with Gasteiger partial charge in [-0.25, -0.2) is 17.2 Å². The first-order chi connectivity index (χ1) is 12.3. The maximum absolute atomic E-state index is 13.3. The van der Waals surface area contributed by atoms with E-state index in [1.807, 2.05) is 29.5 Å². The summed E-state index contributed by atoms with van der Waals surface area (Å²) in [5, 5.41) is 1.47. The fourth-order valence-electron chi connectivity index (χ4n) is 2.89. The van der Waals surface area contributed by atoms with Crippen molar-refractivity contribution in [1.82, 2.24) is 3.97 Å². The highest BCUT2D eigenvalue weighted by Crippen LogP contribution is 2.36. The molecule has 5 nitrogen and oxygen atoms in total. The molecule has 2 aromatic heterocycles. The summed E-state index contributed by atoms with van der Waals surface area (Å²) in [6.45, 7) is 1.91. The van der Waals surface area contributed by atoms with Gasteiger partial charge in [0.05, 0.1) is 14.0 Å². The predicted molar refractivity (Wildman–Crippen MR) is 117 cm³/mol. The van der Waals surface area contributed by atoms with E-state index in [0.29, 0.717) is 20.2 Å². The topological polar surface area (TPSA) is 69.3 Å². The van der Waals surface area contributed by atoms with E-state index in [2.05, 4.69) is 22.6 Å². The molecule has 0 atom stereocenters. The highest BCUT2D eigenvalue weighted by molar-refractivity contribution is 14.1. The lowest BCUT2D eigenvalue weighted by atomic mass is 10.1. The van der Waals surface area contributed by atoms with Crippen LogP contribution < -0.4 is 5.63 Å². The minimum absolute atomic E-state index is 0.231. The van der Waals surface area contributed by atoms with E-state index in [9.17, 15) is 13.2 Å². The van der Waals surface area contributed by atoms with Crippen LogP contribution in [0.4, 0.5) is 0 Å². The third-order valence-electron chi connectivity index (χ3n) is 4.14. The Bertz CT molecular complexity index is 1340. The highest BCUT2D eigenvalue weighted by atomic mass is 127. The van der Waals surface area contributed by atoms with Crippen molar-refractivity contribution in [3.8, 4) is 0 Å². The number of aryl methyl sites for hydroxylation is 1. The molecular formula is C18H11I2NO4S. The van der Waals surface area contributed by atoms with Gasteiger partial charge in [0, 0.05) is 16.8 Å². The van der Waals surface area contributed by atoms with Crippen molar-refractivity contribution < 1.29 is 12.8 Å². The molecule has 0 N–H and O–H groups in total. The second-order valence-electron chi connectivity index (χ2n) is 5.81. The summed E-state index contributed by atoms with van der Waals surface area (Å²) in [5.41, 5.74) is 1.55. The van der Waals surface area contributed by atoms with Crippen molar-refractivity contribution in [2.24, 2.45) is 0 Å². The number of aromatic nitrogens is 1. The average Bonchev–Trinajstić information content (AvgIpc) is 2.87. The first-order valence-corrected chi connectivity index (χ1v) is 11.1. The molecule has 8 heteroatoms. The molecule has 0 saturated carbocycles. The summed E-state index contributed by atoms with van der Waals surface area (Å²) < 4.78 is 34.5. The minimum atomic E-state index is -3.76. The number of hydrogen-bond acceptors (Lipinski definition) is 4. The summed E-state index contributed by atoms with van der Waals surface area (Å²) in [6, 6.07) is 13.1. The Morgan fingerprint density at radius 1 is 0.962 bits per heavy atom. The van der Waals surface area contributed by atoms with Crippen molar-refractivity contribution in [3.05, 3.63) is 71.8 Å². The van der Waals surface area contributed by atoms with Gasteiger partial charge in [-0.15, -0.1) is 0 Å². The smallest absolute Gasteiger partial charge is 0.336 e. The van der Waals surface area contributed by atoms with Crippen LogP contribution in [0.25, 0.3) is 21.9 Å². The molecule has 0 radical (unpaired) electrons. The normalized spacial score (nSPS) is 12.1. The first kappa shape index (κ1) is 18.0. The van der Waals surface area contributed by atoms with Crippen LogP contribution in [0.5, 0.6) is 0 Å². The van der Waals surface area contributed by atoms with Crippen LogP contribution in [0.3, 0.4) is 0 Å². The second kappa shape index (κ2) is 6.34. The lowest BCUT2D eigenvalue weighted by molar-refractivity contribution is 0.561. The number of nitrogens with zero attached hydrogens (tertiary/aromatic N) is 1. The molecule has 0 aliphatic heterocycles. The standard InChI is InChI=1S/C18H11I2NO4S/c1-10-2-4-11(5-3-10)26(23,24)21-13-7-8-14-12(6-9-15(22)25-14)16(13)17(19)18(21)20/h2-9H,1H3. The molecule has 4 aromatic rings. The molecule has 0 aliphatic rings. The summed E-state index contributed by atoms with van der Waals surface area (Å²) in [4.78, 5) is 11.7. The number of benzene rings is 2. The van der Waals surface area contributed by atoms with E-state index in [0.717, 1.165) is 14.5 Å². The quantitative estimate of drug-likeness (QED) is 0.255. The zero-order valence-electron chi connectivity index (χ0n) is 13.4. The van der Waals surface area contributed by atoms with Crippen molar-refractivity contribution >= 4 is 77.1 Å². The SMILES string of the molecule is Cc1ccc(S(=O)(=O)n2c(I)c(I)c3c4ccc(=O)oc4ccc32)cc1. The molecule has 4 rings (SSSR count). The molecule has 0 fully saturated rings. The minimum Gasteiger partial charge on any atom is -0.423 e. The predicted octanol–water partition coefficient (Wildman–Crippen LogP) is 4.50. The zero-order valence-corrected chi connectivity index (χ0v) is 18.5. The summed E-state index contributed by atoms with van der Waals surface area (Å²) in [5.74, 6) is 0. The lowest BCUT2D eigenvalue weighted by Crippen LogP contribution is -2.14. The summed E-state index contributed by atoms with van der Waals surface area (Å²) in [7, 11) is -3.76. The summed E-state index contributed by atoms with van der Waals surface area (Å²) in [6.07, 6.45) is 0. The van der Waals surface area contributed by atoms with Gasteiger partial charge < -0.3 is 4.42 Å². The molecule has 0 aliphatic carbocycles. The van der Waals surface area contributed by atoms with Crippen molar-refractivity contribution in [2.45, 2.75) is 11.8 Å². The molecule has 0 bridgehead atoms. The zero-order chi connectivity index (χ0) is 18.6. The van der Waals surface area contributed by atoms with Crippen LogP contribution in [-0.2, 0) is 10.0 Å². The lowest BCUT2D eigenvalue weighted by Gasteiger charge is -2.09. The summed E-state index contributed by atoms with van der Waals surface area (Å²) >= 11 is 4.17. The van der Waals surface area contributed by atoms with Gasteiger partial charge in [0.25, 0.3) is 10.0 Å². The number of fused-ring (bicyclic) bond motifs is 3. The van der Waals surface area contributed by atoms with Crippen LogP contribution in [0.2, 0.25) is 0 Å². The average molecular weight is 591 g/mol. The number of rotatable bonds is 2. The molecule has 132 valence electrons. The van der Waals surface area contributed by atoms with Gasteiger partial charge >= 0.3 is 5.63 Å². The van der Waals surface area contributed by atoms with E-state index in [1.165, 1.54) is 10.0 Å². The Balaban J connectivity index is 2.11. The van der Waals surface area contributed by atoms with Gasteiger partial charge in [-0.05, 0) is 82.4 Å². The van der Waals surface area contributed by atoms with Gasteiger partial charge in [-0.1, -0.05) is 17.7 Å². The van der Waals surface area contributed by atoms with Gasteiger partial charge in [0.1, 0.15) is 9.28 Å². The molecule has 0 unspecified atom stereocenters. The maximum Gasteiger partial charge on any atom is 0.336 e. The van der Waals surface area contributed by atoms with Gasteiger partial charge in [0.15, 0.2) is 0 Å². The van der Waals surface area contributed by atoms with E-state index < -0.39 is 15.6 Å². The van der Waals surface area contributed by atoms with Crippen LogP contribution in [0.1, 0.15) is 5.56 Å². The largest absolute Gasteiger partial charge is 0.423 e.